The van der Waals surface area contributed by atoms with Crippen LogP contribution in [0.4, 0.5) is 11.4 Å². The Morgan fingerprint density at radius 1 is 1.11 bits per heavy atom. The number of anilines is 1. The third-order valence-corrected chi connectivity index (χ3v) is 6.44. The summed E-state index contributed by atoms with van der Waals surface area (Å²) in [6, 6.07) is 11.5. The smallest absolute Gasteiger partial charge is 0.293 e. The molecule has 152 valence electrons. The van der Waals surface area contributed by atoms with Crippen LogP contribution < -0.4 is 10.1 Å². The summed E-state index contributed by atoms with van der Waals surface area (Å²) < 4.78 is 31.6. The summed E-state index contributed by atoms with van der Waals surface area (Å²) in [5.74, 6) is 0.761. The van der Waals surface area contributed by atoms with Crippen molar-refractivity contribution in [1.29, 1.82) is 0 Å². The van der Waals surface area contributed by atoms with Gasteiger partial charge in [-0.2, -0.15) is 4.31 Å². The fourth-order valence-electron chi connectivity index (χ4n) is 2.82. The SMILES string of the molecule is CCN(CC)S(=O)(=O)c1ccc(NCCc2ccc(OC)cc2)c([N+](=O)[O-])c1. The maximum absolute atomic E-state index is 12.6. The normalized spacial score (nSPS) is 11.4. The lowest BCUT2D eigenvalue weighted by atomic mass is 10.1. The average Bonchev–Trinajstić information content (AvgIpc) is 2.69. The number of hydrogen-bond acceptors (Lipinski definition) is 6. The van der Waals surface area contributed by atoms with Crippen LogP contribution in [0.3, 0.4) is 0 Å². The van der Waals surface area contributed by atoms with Crippen LogP contribution in [-0.2, 0) is 16.4 Å². The van der Waals surface area contributed by atoms with Crippen molar-refractivity contribution in [3.8, 4) is 5.75 Å². The van der Waals surface area contributed by atoms with Gasteiger partial charge in [-0.05, 0) is 36.2 Å². The highest BCUT2D eigenvalue weighted by molar-refractivity contribution is 7.89. The number of nitrogens with one attached hydrogen (secondary N) is 1. The average molecular weight is 407 g/mol. The van der Waals surface area contributed by atoms with E-state index in [2.05, 4.69) is 5.32 Å². The predicted molar refractivity (Wildman–Crippen MR) is 108 cm³/mol. The van der Waals surface area contributed by atoms with Crippen molar-refractivity contribution >= 4 is 21.4 Å². The van der Waals surface area contributed by atoms with Gasteiger partial charge >= 0.3 is 0 Å². The van der Waals surface area contributed by atoms with E-state index in [0.717, 1.165) is 17.4 Å². The summed E-state index contributed by atoms with van der Waals surface area (Å²) in [7, 11) is -2.16. The molecule has 0 saturated heterocycles. The first-order chi connectivity index (χ1) is 13.3. The van der Waals surface area contributed by atoms with Crippen LogP contribution in [0.25, 0.3) is 0 Å². The Kier molecular flexibility index (Phi) is 7.36. The highest BCUT2D eigenvalue weighted by Gasteiger charge is 2.25. The number of nitro benzene ring substituents is 1. The molecule has 28 heavy (non-hydrogen) atoms. The first-order valence-electron chi connectivity index (χ1n) is 8.98. The molecule has 0 aliphatic rings. The molecule has 0 heterocycles. The lowest BCUT2D eigenvalue weighted by Crippen LogP contribution is -2.30. The van der Waals surface area contributed by atoms with E-state index < -0.39 is 14.9 Å². The van der Waals surface area contributed by atoms with Gasteiger partial charge in [0.05, 0.1) is 16.9 Å². The zero-order chi connectivity index (χ0) is 20.7. The summed E-state index contributed by atoms with van der Waals surface area (Å²) in [5.41, 5.74) is 1.08. The fraction of sp³-hybridized carbons (Fsp3) is 0.368. The molecule has 0 amide bonds. The zero-order valence-electron chi connectivity index (χ0n) is 16.2. The van der Waals surface area contributed by atoms with E-state index in [9.17, 15) is 18.5 Å². The molecule has 0 aliphatic carbocycles. The number of ether oxygens (including phenoxy) is 1. The van der Waals surface area contributed by atoms with Gasteiger partial charge in [-0.25, -0.2) is 8.42 Å². The van der Waals surface area contributed by atoms with Gasteiger partial charge in [-0.15, -0.1) is 0 Å². The summed E-state index contributed by atoms with van der Waals surface area (Å²) in [6.45, 7) is 4.52. The minimum Gasteiger partial charge on any atom is -0.497 e. The molecule has 1 N–H and O–H groups in total. The molecular formula is C19H25N3O5S. The van der Waals surface area contributed by atoms with E-state index in [4.69, 9.17) is 4.74 Å². The quantitative estimate of drug-likeness (QED) is 0.479. The molecule has 0 aliphatic heterocycles. The molecule has 0 saturated carbocycles. The fourth-order valence-corrected chi connectivity index (χ4v) is 4.30. The second-order valence-electron chi connectivity index (χ2n) is 6.05. The second-order valence-corrected chi connectivity index (χ2v) is 7.99. The van der Waals surface area contributed by atoms with Crippen molar-refractivity contribution in [3.63, 3.8) is 0 Å². The van der Waals surface area contributed by atoms with Crippen molar-refractivity contribution in [3.05, 3.63) is 58.1 Å². The summed E-state index contributed by atoms with van der Waals surface area (Å²) >= 11 is 0. The number of benzene rings is 2. The lowest BCUT2D eigenvalue weighted by molar-refractivity contribution is -0.384. The van der Waals surface area contributed by atoms with Crippen LogP contribution >= 0.6 is 0 Å². The van der Waals surface area contributed by atoms with Crippen LogP contribution in [0.5, 0.6) is 5.75 Å². The van der Waals surface area contributed by atoms with Crippen molar-refractivity contribution in [2.75, 3.05) is 32.1 Å². The largest absolute Gasteiger partial charge is 0.497 e. The van der Waals surface area contributed by atoms with Crippen LogP contribution in [0.15, 0.2) is 47.4 Å². The molecular weight excluding hydrogens is 382 g/mol. The number of methoxy groups -OCH3 is 1. The molecule has 0 bridgehead atoms. The summed E-state index contributed by atoms with van der Waals surface area (Å²) in [5, 5.41) is 14.5. The van der Waals surface area contributed by atoms with E-state index in [1.165, 1.54) is 16.4 Å². The number of nitrogens with zero attached hydrogens (tertiary/aromatic N) is 2. The van der Waals surface area contributed by atoms with Crippen molar-refractivity contribution in [2.24, 2.45) is 0 Å². The molecule has 0 fully saturated rings. The number of rotatable bonds is 10. The molecule has 0 unspecified atom stereocenters. The van der Waals surface area contributed by atoms with Crippen LogP contribution in [0.1, 0.15) is 19.4 Å². The van der Waals surface area contributed by atoms with Gasteiger partial charge in [0.15, 0.2) is 0 Å². The molecule has 8 nitrogen and oxygen atoms in total. The van der Waals surface area contributed by atoms with E-state index in [1.807, 2.05) is 24.3 Å². The Labute approximate surface area is 165 Å². The Bertz CT molecular complexity index is 910. The maximum Gasteiger partial charge on any atom is 0.293 e. The van der Waals surface area contributed by atoms with Gasteiger partial charge < -0.3 is 10.1 Å². The monoisotopic (exact) mass is 407 g/mol. The van der Waals surface area contributed by atoms with Crippen molar-refractivity contribution in [1.82, 2.24) is 4.31 Å². The van der Waals surface area contributed by atoms with Crippen LogP contribution in [0, 0.1) is 10.1 Å². The molecule has 0 aromatic heterocycles. The summed E-state index contributed by atoms with van der Waals surface area (Å²) in [6.07, 6.45) is 0.653. The summed E-state index contributed by atoms with van der Waals surface area (Å²) in [4.78, 5) is 10.8. The van der Waals surface area contributed by atoms with Gasteiger partial charge in [0.2, 0.25) is 10.0 Å². The Morgan fingerprint density at radius 2 is 1.75 bits per heavy atom. The van der Waals surface area contributed by atoms with Gasteiger partial charge in [-0.3, -0.25) is 10.1 Å². The molecule has 2 aromatic rings. The Hall–Kier alpha value is -2.65. The van der Waals surface area contributed by atoms with E-state index in [1.54, 1.807) is 21.0 Å². The predicted octanol–water partition coefficient (Wildman–Crippen LogP) is 3.29. The van der Waals surface area contributed by atoms with E-state index in [-0.39, 0.29) is 16.3 Å². The van der Waals surface area contributed by atoms with E-state index >= 15 is 0 Å². The molecule has 0 radical (unpaired) electrons. The minimum absolute atomic E-state index is 0.0800. The van der Waals surface area contributed by atoms with Crippen molar-refractivity contribution in [2.45, 2.75) is 25.2 Å². The molecule has 9 heteroatoms. The highest BCUT2D eigenvalue weighted by Crippen LogP contribution is 2.29. The van der Waals surface area contributed by atoms with Crippen LogP contribution in [0.2, 0.25) is 0 Å². The molecule has 2 rings (SSSR count). The van der Waals surface area contributed by atoms with Crippen LogP contribution in [-0.4, -0.2) is 44.4 Å². The van der Waals surface area contributed by atoms with Gasteiger partial charge in [0.25, 0.3) is 5.69 Å². The minimum atomic E-state index is -3.75. The van der Waals surface area contributed by atoms with Crippen molar-refractivity contribution < 1.29 is 18.1 Å². The zero-order valence-corrected chi connectivity index (χ0v) is 17.0. The number of hydrogen-bond donors (Lipinski definition) is 1. The van der Waals surface area contributed by atoms with Gasteiger partial charge in [-0.1, -0.05) is 26.0 Å². The number of sulfonamides is 1. The second kappa shape index (κ2) is 9.52. The van der Waals surface area contributed by atoms with Gasteiger partial charge in [0.1, 0.15) is 11.4 Å². The van der Waals surface area contributed by atoms with E-state index in [0.29, 0.717) is 26.1 Å². The maximum atomic E-state index is 12.6. The van der Waals surface area contributed by atoms with Gasteiger partial charge in [0, 0.05) is 25.7 Å². The molecule has 0 spiro atoms. The first-order valence-corrected chi connectivity index (χ1v) is 10.4. The first kappa shape index (κ1) is 21.6. The topological polar surface area (TPSA) is 102 Å². The third-order valence-electron chi connectivity index (χ3n) is 4.40. The Morgan fingerprint density at radius 3 is 2.29 bits per heavy atom. The highest BCUT2D eigenvalue weighted by atomic mass is 32.2. The molecule has 0 atom stereocenters. The lowest BCUT2D eigenvalue weighted by Gasteiger charge is -2.18. The Balaban J connectivity index is 2.17. The third kappa shape index (κ3) is 4.99. The standard InChI is InChI=1S/C19H25N3O5S/c1-4-21(5-2)28(25,26)17-10-11-18(19(14-17)22(23)24)20-13-12-15-6-8-16(27-3)9-7-15/h6-11,14,20H,4-5,12-13H2,1-3H3. The number of nitro groups is 1. The molecule has 2 aromatic carbocycles.